The minimum absolute atomic E-state index is 0.331. The SMILES string of the molecule is CC(C)(C)[S@+]([O-])N=C1CCc2cc(C#N)ccc21. The molecule has 0 saturated carbocycles. The van der Waals surface area contributed by atoms with Crippen molar-refractivity contribution in [3.05, 3.63) is 34.9 Å². The van der Waals surface area contributed by atoms with Crippen molar-refractivity contribution in [2.24, 2.45) is 4.40 Å². The molecule has 0 aromatic heterocycles. The van der Waals surface area contributed by atoms with Gasteiger partial charge in [0.05, 0.1) is 17.3 Å². The summed E-state index contributed by atoms with van der Waals surface area (Å²) in [6, 6.07) is 7.74. The second-order valence-electron chi connectivity index (χ2n) is 5.38. The minimum Gasteiger partial charge on any atom is -0.591 e. The van der Waals surface area contributed by atoms with E-state index < -0.39 is 11.4 Å². The Hall–Kier alpha value is -1.31. The Labute approximate surface area is 111 Å². The van der Waals surface area contributed by atoms with Gasteiger partial charge < -0.3 is 4.55 Å². The van der Waals surface area contributed by atoms with Crippen molar-refractivity contribution < 1.29 is 4.55 Å². The van der Waals surface area contributed by atoms with Crippen LogP contribution in [0.1, 0.15) is 43.9 Å². The van der Waals surface area contributed by atoms with E-state index in [-0.39, 0.29) is 4.75 Å². The Bertz CT molecular complexity index is 538. The van der Waals surface area contributed by atoms with Gasteiger partial charge in [-0.2, -0.15) is 5.26 Å². The molecular weight excluding hydrogens is 244 g/mol. The topological polar surface area (TPSA) is 59.2 Å². The molecule has 4 heteroatoms. The van der Waals surface area contributed by atoms with E-state index in [1.165, 1.54) is 0 Å². The van der Waals surface area contributed by atoms with Crippen molar-refractivity contribution in [3.8, 4) is 6.07 Å². The Kier molecular flexibility index (Phi) is 3.47. The number of nitrogens with zero attached hydrogens (tertiary/aromatic N) is 2. The molecule has 0 aliphatic heterocycles. The maximum Gasteiger partial charge on any atom is 0.144 e. The predicted molar refractivity (Wildman–Crippen MR) is 73.9 cm³/mol. The van der Waals surface area contributed by atoms with Gasteiger partial charge >= 0.3 is 0 Å². The molecular formula is C14H16N2OS. The maximum atomic E-state index is 12.0. The molecule has 0 unspecified atom stereocenters. The van der Waals surface area contributed by atoms with Crippen molar-refractivity contribution in [2.75, 3.05) is 0 Å². The second-order valence-corrected chi connectivity index (χ2v) is 7.29. The first-order valence-corrected chi connectivity index (χ1v) is 7.05. The number of nitriles is 1. The van der Waals surface area contributed by atoms with E-state index in [4.69, 9.17) is 5.26 Å². The molecule has 0 saturated heterocycles. The number of aryl methyl sites for hydroxylation is 1. The van der Waals surface area contributed by atoms with Gasteiger partial charge in [-0.15, -0.1) is 0 Å². The molecule has 94 valence electrons. The number of benzene rings is 1. The first-order valence-electron chi connectivity index (χ1n) is 5.95. The van der Waals surface area contributed by atoms with E-state index in [1.807, 2.05) is 32.9 Å². The van der Waals surface area contributed by atoms with E-state index in [9.17, 15) is 4.55 Å². The summed E-state index contributed by atoms with van der Waals surface area (Å²) < 4.78 is 16.0. The van der Waals surface area contributed by atoms with Crippen LogP contribution >= 0.6 is 0 Å². The van der Waals surface area contributed by atoms with Gasteiger partial charge in [0.25, 0.3) is 0 Å². The summed E-state index contributed by atoms with van der Waals surface area (Å²) in [6.45, 7) is 5.76. The molecule has 0 amide bonds. The molecule has 18 heavy (non-hydrogen) atoms. The lowest BCUT2D eigenvalue weighted by Crippen LogP contribution is -2.26. The van der Waals surface area contributed by atoms with Gasteiger partial charge in [-0.3, -0.25) is 0 Å². The number of fused-ring (bicyclic) bond motifs is 1. The number of hydrogen-bond acceptors (Lipinski definition) is 3. The van der Waals surface area contributed by atoms with Crippen LogP contribution < -0.4 is 0 Å². The number of hydrogen-bond donors (Lipinski definition) is 0. The first kappa shape index (κ1) is 13.1. The summed E-state index contributed by atoms with van der Waals surface area (Å²) in [5.74, 6) is 0. The standard InChI is InChI=1S/C14H16N2OS/c1-14(2,3)18(17)16-13-7-5-11-8-10(9-15)4-6-12(11)13/h4,6,8H,5,7H2,1-3H3/t18-/m0/s1. The van der Waals surface area contributed by atoms with E-state index in [0.717, 1.165) is 29.7 Å². The summed E-state index contributed by atoms with van der Waals surface area (Å²) >= 11 is -1.22. The smallest absolute Gasteiger partial charge is 0.144 e. The zero-order valence-electron chi connectivity index (χ0n) is 10.9. The van der Waals surface area contributed by atoms with Crippen molar-refractivity contribution in [2.45, 2.75) is 38.4 Å². The van der Waals surface area contributed by atoms with Gasteiger partial charge in [0.1, 0.15) is 16.1 Å². The molecule has 0 bridgehead atoms. The summed E-state index contributed by atoms with van der Waals surface area (Å²) in [7, 11) is 0. The lowest BCUT2D eigenvalue weighted by molar-refractivity contribution is 0.561. The van der Waals surface area contributed by atoms with Crippen molar-refractivity contribution in [1.82, 2.24) is 0 Å². The average Bonchev–Trinajstić information content (AvgIpc) is 2.70. The second kappa shape index (κ2) is 4.75. The third kappa shape index (κ3) is 2.58. The third-order valence-corrected chi connectivity index (χ3v) is 4.33. The lowest BCUT2D eigenvalue weighted by Gasteiger charge is -2.18. The molecule has 2 rings (SSSR count). The van der Waals surface area contributed by atoms with Crippen LogP contribution in [0.5, 0.6) is 0 Å². The highest BCUT2D eigenvalue weighted by Crippen LogP contribution is 2.26. The molecule has 0 fully saturated rings. The highest BCUT2D eigenvalue weighted by molar-refractivity contribution is 7.91. The summed E-state index contributed by atoms with van der Waals surface area (Å²) in [4.78, 5) is 0. The summed E-state index contributed by atoms with van der Waals surface area (Å²) in [5.41, 5.74) is 3.76. The molecule has 3 nitrogen and oxygen atoms in total. The van der Waals surface area contributed by atoms with Crippen LogP contribution in [0.4, 0.5) is 0 Å². The normalized spacial score (nSPS) is 18.5. The predicted octanol–water partition coefficient (Wildman–Crippen LogP) is 2.76. The zero-order chi connectivity index (χ0) is 13.3. The Morgan fingerprint density at radius 2 is 2.06 bits per heavy atom. The molecule has 1 aliphatic carbocycles. The van der Waals surface area contributed by atoms with E-state index in [1.54, 1.807) is 6.07 Å². The van der Waals surface area contributed by atoms with Crippen LogP contribution in [0.25, 0.3) is 0 Å². The fraction of sp³-hybridized carbons (Fsp3) is 0.429. The van der Waals surface area contributed by atoms with Gasteiger partial charge in [0.2, 0.25) is 0 Å². The molecule has 1 aromatic carbocycles. The molecule has 1 aliphatic rings. The highest BCUT2D eigenvalue weighted by Gasteiger charge is 2.29. The molecule has 0 heterocycles. The van der Waals surface area contributed by atoms with Crippen molar-refractivity contribution in [1.29, 1.82) is 5.26 Å². The average molecular weight is 260 g/mol. The molecule has 0 radical (unpaired) electrons. The van der Waals surface area contributed by atoms with Crippen molar-refractivity contribution >= 4 is 17.1 Å². The summed E-state index contributed by atoms with van der Waals surface area (Å²) in [5, 5.41) is 8.86. The highest BCUT2D eigenvalue weighted by atomic mass is 32.2. The minimum atomic E-state index is -1.22. The van der Waals surface area contributed by atoms with Crippen LogP contribution in [-0.4, -0.2) is 15.0 Å². The van der Waals surface area contributed by atoms with Crippen LogP contribution in [0.3, 0.4) is 0 Å². The van der Waals surface area contributed by atoms with Gasteiger partial charge in [0.15, 0.2) is 0 Å². The van der Waals surface area contributed by atoms with E-state index >= 15 is 0 Å². The molecule has 0 N–H and O–H groups in total. The number of rotatable bonds is 1. The zero-order valence-corrected chi connectivity index (χ0v) is 11.7. The maximum absolute atomic E-state index is 12.0. The summed E-state index contributed by atoms with van der Waals surface area (Å²) in [6.07, 6.45) is 1.69. The van der Waals surface area contributed by atoms with Crippen LogP contribution in [-0.2, 0) is 17.8 Å². The first-order chi connectivity index (χ1) is 8.41. The lowest BCUT2D eigenvalue weighted by atomic mass is 10.1. The van der Waals surface area contributed by atoms with Gasteiger partial charge in [-0.1, -0.05) is 10.5 Å². The molecule has 0 spiro atoms. The van der Waals surface area contributed by atoms with Crippen LogP contribution in [0.15, 0.2) is 22.6 Å². The monoisotopic (exact) mass is 260 g/mol. The van der Waals surface area contributed by atoms with E-state index in [0.29, 0.717) is 5.56 Å². The Morgan fingerprint density at radius 3 is 2.67 bits per heavy atom. The van der Waals surface area contributed by atoms with E-state index in [2.05, 4.69) is 10.5 Å². The Morgan fingerprint density at radius 1 is 1.33 bits per heavy atom. The largest absolute Gasteiger partial charge is 0.591 e. The van der Waals surface area contributed by atoms with Crippen LogP contribution in [0, 0.1) is 11.3 Å². The Balaban J connectivity index is 2.33. The van der Waals surface area contributed by atoms with Crippen molar-refractivity contribution in [3.63, 3.8) is 0 Å². The molecule has 1 aromatic rings. The molecule has 1 atom stereocenters. The van der Waals surface area contributed by atoms with Gasteiger partial charge in [-0.25, -0.2) is 0 Å². The quantitative estimate of drug-likeness (QED) is 0.729. The third-order valence-electron chi connectivity index (χ3n) is 2.89. The fourth-order valence-corrected chi connectivity index (χ4v) is 2.53. The van der Waals surface area contributed by atoms with Crippen LogP contribution in [0.2, 0.25) is 0 Å². The van der Waals surface area contributed by atoms with Gasteiger partial charge in [-0.05, 0) is 51.3 Å². The fourth-order valence-electron chi connectivity index (χ4n) is 1.87. The van der Waals surface area contributed by atoms with Gasteiger partial charge in [0, 0.05) is 5.56 Å².